The zero-order chi connectivity index (χ0) is 22.6. The predicted octanol–water partition coefficient (Wildman–Crippen LogP) is 4.12. The Bertz CT molecular complexity index is 955. The zero-order valence-electron chi connectivity index (χ0n) is 18.7. The van der Waals surface area contributed by atoms with Crippen LogP contribution in [-0.4, -0.2) is 38.7 Å². The van der Waals surface area contributed by atoms with Gasteiger partial charge in [0.25, 0.3) is 5.91 Å². The molecule has 0 radical (unpaired) electrons. The number of benzene rings is 2. The van der Waals surface area contributed by atoms with E-state index < -0.39 is 5.41 Å². The van der Waals surface area contributed by atoms with Crippen molar-refractivity contribution >= 4 is 23.2 Å². The first-order valence-corrected chi connectivity index (χ1v) is 10.3. The standard InChI is InChI=1S/C24H30N2O5/c1-16(2)13-26-20-10-9-17(11-21(20)31-15-24(3,4)23(26)28)25-22(27)14-30-19-8-6-7-18(12-19)29-5/h6-12,16H,13-15H2,1-5H3,(H,25,27). The minimum atomic E-state index is -0.637. The summed E-state index contributed by atoms with van der Waals surface area (Å²) in [5, 5.41) is 2.82. The highest BCUT2D eigenvalue weighted by Gasteiger charge is 2.38. The van der Waals surface area contributed by atoms with E-state index in [1.807, 2.05) is 19.9 Å². The summed E-state index contributed by atoms with van der Waals surface area (Å²) in [7, 11) is 1.57. The molecule has 1 aliphatic heterocycles. The fraction of sp³-hybridized carbons (Fsp3) is 0.417. The van der Waals surface area contributed by atoms with Crippen LogP contribution >= 0.6 is 0 Å². The predicted molar refractivity (Wildman–Crippen MR) is 120 cm³/mol. The third-order valence-electron chi connectivity index (χ3n) is 4.91. The molecule has 0 saturated carbocycles. The second-order valence-electron chi connectivity index (χ2n) is 8.68. The van der Waals surface area contributed by atoms with Crippen LogP contribution in [0.3, 0.4) is 0 Å². The van der Waals surface area contributed by atoms with Crippen LogP contribution in [0, 0.1) is 11.3 Å². The van der Waals surface area contributed by atoms with Gasteiger partial charge in [-0.15, -0.1) is 0 Å². The molecule has 1 N–H and O–H groups in total. The summed E-state index contributed by atoms with van der Waals surface area (Å²) in [6.45, 7) is 8.63. The Morgan fingerprint density at radius 3 is 2.65 bits per heavy atom. The van der Waals surface area contributed by atoms with Gasteiger partial charge < -0.3 is 24.4 Å². The second-order valence-corrected chi connectivity index (χ2v) is 8.68. The summed E-state index contributed by atoms with van der Waals surface area (Å²) in [5.41, 5.74) is 0.659. The number of ether oxygens (including phenoxy) is 3. The van der Waals surface area contributed by atoms with Gasteiger partial charge in [0.15, 0.2) is 6.61 Å². The van der Waals surface area contributed by atoms with E-state index in [-0.39, 0.29) is 25.0 Å². The lowest BCUT2D eigenvalue weighted by molar-refractivity contribution is -0.127. The molecule has 1 aliphatic rings. The molecule has 0 bridgehead atoms. The van der Waals surface area contributed by atoms with Crippen molar-refractivity contribution in [3.63, 3.8) is 0 Å². The number of fused-ring (bicyclic) bond motifs is 1. The average Bonchev–Trinajstić information content (AvgIpc) is 2.82. The van der Waals surface area contributed by atoms with E-state index in [9.17, 15) is 9.59 Å². The van der Waals surface area contributed by atoms with Gasteiger partial charge in [0.1, 0.15) is 23.9 Å². The van der Waals surface area contributed by atoms with Crippen molar-refractivity contribution in [2.45, 2.75) is 27.7 Å². The Balaban J connectivity index is 1.72. The van der Waals surface area contributed by atoms with Gasteiger partial charge in [0.05, 0.1) is 18.2 Å². The van der Waals surface area contributed by atoms with E-state index in [1.54, 1.807) is 48.4 Å². The van der Waals surface area contributed by atoms with E-state index >= 15 is 0 Å². The van der Waals surface area contributed by atoms with Crippen LogP contribution in [0.4, 0.5) is 11.4 Å². The highest BCUT2D eigenvalue weighted by Crippen LogP contribution is 2.38. The molecule has 2 aromatic carbocycles. The molecule has 1 heterocycles. The number of anilines is 2. The first-order valence-electron chi connectivity index (χ1n) is 10.3. The molecular formula is C24H30N2O5. The lowest BCUT2D eigenvalue weighted by Crippen LogP contribution is -2.43. The van der Waals surface area contributed by atoms with Crippen molar-refractivity contribution in [2.75, 3.05) is 37.1 Å². The van der Waals surface area contributed by atoms with Crippen molar-refractivity contribution < 1.29 is 23.8 Å². The van der Waals surface area contributed by atoms with E-state index in [0.29, 0.717) is 35.4 Å². The molecular weight excluding hydrogens is 396 g/mol. The smallest absolute Gasteiger partial charge is 0.262 e. The van der Waals surface area contributed by atoms with Crippen molar-refractivity contribution in [2.24, 2.45) is 11.3 Å². The van der Waals surface area contributed by atoms with Crippen molar-refractivity contribution in [3.8, 4) is 17.2 Å². The van der Waals surface area contributed by atoms with Crippen LogP contribution in [0.25, 0.3) is 0 Å². The molecule has 0 saturated heterocycles. The van der Waals surface area contributed by atoms with E-state index in [4.69, 9.17) is 14.2 Å². The second kappa shape index (κ2) is 9.29. The fourth-order valence-electron chi connectivity index (χ4n) is 3.31. The van der Waals surface area contributed by atoms with Crippen molar-refractivity contribution in [1.82, 2.24) is 0 Å². The number of nitrogens with one attached hydrogen (secondary N) is 1. The summed E-state index contributed by atoms with van der Waals surface area (Å²) in [6, 6.07) is 12.4. The molecule has 2 aromatic rings. The largest absolute Gasteiger partial charge is 0.497 e. The summed E-state index contributed by atoms with van der Waals surface area (Å²) < 4.78 is 16.7. The van der Waals surface area contributed by atoms with Crippen LogP contribution < -0.4 is 24.4 Å². The SMILES string of the molecule is COc1cccc(OCC(=O)Nc2ccc3c(c2)OCC(C)(C)C(=O)N3CC(C)C)c1. The van der Waals surface area contributed by atoms with Crippen LogP contribution in [-0.2, 0) is 9.59 Å². The first kappa shape index (κ1) is 22.5. The maximum atomic E-state index is 13.0. The number of carbonyl (C=O) groups is 2. The number of nitrogens with zero attached hydrogens (tertiary/aromatic N) is 1. The normalized spacial score (nSPS) is 15.0. The Morgan fingerprint density at radius 1 is 1.19 bits per heavy atom. The molecule has 0 aromatic heterocycles. The summed E-state index contributed by atoms with van der Waals surface area (Å²) in [4.78, 5) is 27.2. The van der Waals surface area contributed by atoms with Gasteiger partial charge in [-0.25, -0.2) is 0 Å². The van der Waals surface area contributed by atoms with Crippen molar-refractivity contribution in [1.29, 1.82) is 0 Å². The van der Waals surface area contributed by atoms with E-state index in [1.165, 1.54) is 0 Å². The van der Waals surface area contributed by atoms with Crippen LogP contribution in [0.15, 0.2) is 42.5 Å². The molecule has 0 unspecified atom stereocenters. The number of methoxy groups -OCH3 is 1. The number of hydrogen-bond acceptors (Lipinski definition) is 5. The molecule has 7 nitrogen and oxygen atoms in total. The van der Waals surface area contributed by atoms with E-state index in [2.05, 4.69) is 19.2 Å². The van der Waals surface area contributed by atoms with Crippen LogP contribution in [0.2, 0.25) is 0 Å². The van der Waals surface area contributed by atoms with Gasteiger partial charge in [0.2, 0.25) is 5.91 Å². The van der Waals surface area contributed by atoms with Crippen LogP contribution in [0.1, 0.15) is 27.7 Å². The topological polar surface area (TPSA) is 77.1 Å². The van der Waals surface area contributed by atoms with Gasteiger partial charge in [-0.3, -0.25) is 9.59 Å². The average molecular weight is 427 g/mol. The van der Waals surface area contributed by atoms with Gasteiger partial charge in [-0.05, 0) is 44.0 Å². The van der Waals surface area contributed by atoms with Gasteiger partial charge in [0, 0.05) is 24.4 Å². The van der Waals surface area contributed by atoms with Crippen LogP contribution in [0.5, 0.6) is 17.2 Å². The van der Waals surface area contributed by atoms with E-state index in [0.717, 1.165) is 5.69 Å². The molecule has 2 amide bonds. The molecule has 0 fully saturated rings. The molecule has 7 heteroatoms. The summed E-state index contributed by atoms with van der Waals surface area (Å²) in [6.07, 6.45) is 0. The lowest BCUT2D eigenvalue weighted by atomic mass is 9.92. The Labute approximate surface area is 183 Å². The molecule has 0 aliphatic carbocycles. The number of carbonyl (C=O) groups excluding carboxylic acids is 2. The number of rotatable bonds is 7. The highest BCUT2D eigenvalue weighted by molar-refractivity contribution is 6.00. The zero-order valence-corrected chi connectivity index (χ0v) is 18.7. The lowest BCUT2D eigenvalue weighted by Gasteiger charge is -2.29. The molecule has 0 atom stereocenters. The Hall–Kier alpha value is -3.22. The monoisotopic (exact) mass is 426 g/mol. The Morgan fingerprint density at radius 2 is 1.94 bits per heavy atom. The van der Waals surface area contributed by atoms with Gasteiger partial charge >= 0.3 is 0 Å². The molecule has 0 spiro atoms. The third-order valence-corrected chi connectivity index (χ3v) is 4.91. The quantitative estimate of drug-likeness (QED) is 0.721. The minimum absolute atomic E-state index is 0.0309. The van der Waals surface area contributed by atoms with Gasteiger partial charge in [-0.1, -0.05) is 19.9 Å². The third kappa shape index (κ3) is 5.48. The molecule has 166 valence electrons. The van der Waals surface area contributed by atoms with Gasteiger partial charge in [-0.2, -0.15) is 0 Å². The number of hydrogen-bond donors (Lipinski definition) is 1. The first-order chi connectivity index (χ1) is 14.7. The molecule has 3 rings (SSSR count). The Kier molecular flexibility index (Phi) is 6.73. The number of amides is 2. The fourth-order valence-corrected chi connectivity index (χ4v) is 3.31. The van der Waals surface area contributed by atoms with Crippen molar-refractivity contribution in [3.05, 3.63) is 42.5 Å². The minimum Gasteiger partial charge on any atom is -0.497 e. The molecule has 31 heavy (non-hydrogen) atoms. The summed E-state index contributed by atoms with van der Waals surface area (Å²) in [5.74, 6) is 1.81. The summed E-state index contributed by atoms with van der Waals surface area (Å²) >= 11 is 0. The maximum absolute atomic E-state index is 13.0. The maximum Gasteiger partial charge on any atom is 0.262 e. The highest BCUT2D eigenvalue weighted by atomic mass is 16.5.